The van der Waals surface area contributed by atoms with Crippen LogP contribution < -0.4 is 5.73 Å². The van der Waals surface area contributed by atoms with Crippen molar-refractivity contribution in [2.24, 2.45) is 11.7 Å². The van der Waals surface area contributed by atoms with Gasteiger partial charge in [0.15, 0.2) is 0 Å². The minimum absolute atomic E-state index is 0.0138. The van der Waals surface area contributed by atoms with Gasteiger partial charge in [0.25, 0.3) is 0 Å². The maximum absolute atomic E-state index is 12.7. The molecular weight excluding hydrogens is 292 g/mol. The zero-order valence-electron chi connectivity index (χ0n) is 11.8. The molecule has 0 radical (unpaired) electrons. The second-order valence-corrected chi connectivity index (χ2v) is 7.76. The lowest BCUT2D eigenvalue weighted by Crippen LogP contribution is -2.43. The van der Waals surface area contributed by atoms with Gasteiger partial charge >= 0.3 is 0 Å². The first-order chi connectivity index (χ1) is 9.32. The summed E-state index contributed by atoms with van der Waals surface area (Å²) in [6, 6.07) is 5.24. The number of thiocarbonyl (C=S) groups is 1. The number of benzene rings is 1. The summed E-state index contributed by atoms with van der Waals surface area (Å²) in [5.41, 5.74) is 7.73. The van der Waals surface area contributed by atoms with Gasteiger partial charge in [-0.2, -0.15) is 4.31 Å². The summed E-state index contributed by atoms with van der Waals surface area (Å²) >= 11 is 5.00. The smallest absolute Gasteiger partial charge is 0.243 e. The van der Waals surface area contributed by atoms with Crippen molar-refractivity contribution in [3.8, 4) is 0 Å². The molecule has 1 saturated heterocycles. The Kier molecular flexibility index (Phi) is 4.46. The molecule has 1 atom stereocenters. The number of nitrogens with two attached hydrogens (primary N) is 1. The van der Waals surface area contributed by atoms with Gasteiger partial charge in [-0.1, -0.05) is 18.3 Å². The highest BCUT2D eigenvalue weighted by Gasteiger charge is 2.31. The maximum atomic E-state index is 12.7. The van der Waals surface area contributed by atoms with Gasteiger partial charge in [-0.25, -0.2) is 8.42 Å². The monoisotopic (exact) mass is 312 g/mol. The van der Waals surface area contributed by atoms with Gasteiger partial charge in [0.1, 0.15) is 0 Å². The second-order valence-electron chi connectivity index (χ2n) is 5.35. The van der Waals surface area contributed by atoms with E-state index >= 15 is 0 Å². The molecule has 1 aliphatic rings. The van der Waals surface area contributed by atoms with E-state index in [0.29, 0.717) is 23.0 Å². The SMILES string of the molecule is Cc1ccc(S(=O)(=O)N2CCCC(C(N)=S)C2)cc1C. The van der Waals surface area contributed by atoms with E-state index in [-0.39, 0.29) is 5.92 Å². The number of piperidine rings is 1. The first-order valence-electron chi connectivity index (χ1n) is 6.69. The van der Waals surface area contributed by atoms with Crippen LogP contribution >= 0.6 is 12.2 Å². The normalized spacial score (nSPS) is 20.8. The van der Waals surface area contributed by atoms with Crippen LogP contribution in [0.15, 0.2) is 23.1 Å². The van der Waals surface area contributed by atoms with E-state index in [9.17, 15) is 8.42 Å². The Hall–Kier alpha value is -0.980. The maximum Gasteiger partial charge on any atom is 0.243 e. The molecule has 20 heavy (non-hydrogen) atoms. The van der Waals surface area contributed by atoms with Gasteiger partial charge in [-0.05, 0) is 49.9 Å². The van der Waals surface area contributed by atoms with Crippen molar-refractivity contribution in [2.75, 3.05) is 13.1 Å². The highest BCUT2D eigenvalue weighted by molar-refractivity contribution is 7.89. The highest BCUT2D eigenvalue weighted by atomic mass is 32.2. The van der Waals surface area contributed by atoms with Crippen molar-refractivity contribution in [1.82, 2.24) is 4.31 Å². The molecule has 1 heterocycles. The van der Waals surface area contributed by atoms with E-state index in [1.807, 2.05) is 19.9 Å². The van der Waals surface area contributed by atoms with Crippen LogP contribution in [0.1, 0.15) is 24.0 Å². The van der Waals surface area contributed by atoms with Crippen molar-refractivity contribution in [3.05, 3.63) is 29.3 Å². The third kappa shape index (κ3) is 3.02. The summed E-state index contributed by atoms with van der Waals surface area (Å²) in [6.07, 6.45) is 1.67. The van der Waals surface area contributed by atoms with E-state index in [4.69, 9.17) is 18.0 Å². The zero-order chi connectivity index (χ0) is 14.9. The van der Waals surface area contributed by atoms with Crippen LogP contribution in [0.5, 0.6) is 0 Å². The molecule has 2 N–H and O–H groups in total. The first-order valence-corrected chi connectivity index (χ1v) is 8.54. The molecule has 110 valence electrons. The van der Waals surface area contributed by atoms with E-state index in [2.05, 4.69) is 0 Å². The Bertz CT molecular complexity index is 626. The summed E-state index contributed by atoms with van der Waals surface area (Å²) in [6.45, 7) is 4.82. The standard InChI is InChI=1S/C14H20N2O2S2/c1-10-5-6-13(8-11(10)2)20(17,18)16-7-3-4-12(9-16)14(15)19/h5-6,8,12H,3-4,7,9H2,1-2H3,(H2,15,19). The molecule has 0 saturated carbocycles. The van der Waals surface area contributed by atoms with Crippen molar-refractivity contribution in [1.29, 1.82) is 0 Å². The van der Waals surface area contributed by atoms with Gasteiger partial charge < -0.3 is 5.73 Å². The van der Waals surface area contributed by atoms with Crippen LogP contribution in [0.3, 0.4) is 0 Å². The third-order valence-electron chi connectivity index (χ3n) is 3.90. The van der Waals surface area contributed by atoms with Crippen LogP contribution in [-0.2, 0) is 10.0 Å². The first kappa shape index (κ1) is 15.4. The Balaban J connectivity index is 2.29. The molecule has 0 spiro atoms. The molecule has 1 fully saturated rings. The van der Waals surface area contributed by atoms with Gasteiger partial charge in [0.2, 0.25) is 10.0 Å². The number of hydrogen-bond acceptors (Lipinski definition) is 3. The quantitative estimate of drug-likeness (QED) is 0.867. The van der Waals surface area contributed by atoms with Crippen LogP contribution in [0.4, 0.5) is 0 Å². The predicted molar refractivity (Wildman–Crippen MR) is 84.2 cm³/mol. The van der Waals surface area contributed by atoms with E-state index < -0.39 is 10.0 Å². The van der Waals surface area contributed by atoms with Crippen LogP contribution in [0.2, 0.25) is 0 Å². The molecule has 0 aliphatic carbocycles. The Labute approximate surface area is 126 Å². The zero-order valence-corrected chi connectivity index (χ0v) is 13.4. The summed E-state index contributed by atoms with van der Waals surface area (Å²) < 4.78 is 26.8. The lowest BCUT2D eigenvalue weighted by atomic mass is 10.0. The molecule has 1 aromatic carbocycles. The minimum atomic E-state index is -3.45. The summed E-state index contributed by atoms with van der Waals surface area (Å²) in [4.78, 5) is 0.758. The molecule has 4 nitrogen and oxygen atoms in total. The Morgan fingerprint density at radius 2 is 2.05 bits per heavy atom. The van der Waals surface area contributed by atoms with Crippen LogP contribution in [-0.4, -0.2) is 30.8 Å². The van der Waals surface area contributed by atoms with Gasteiger partial charge in [0.05, 0.1) is 9.88 Å². The van der Waals surface area contributed by atoms with Crippen molar-refractivity contribution in [2.45, 2.75) is 31.6 Å². The molecule has 0 bridgehead atoms. The number of rotatable bonds is 3. The molecule has 6 heteroatoms. The Morgan fingerprint density at radius 3 is 2.65 bits per heavy atom. The fourth-order valence-electron chi connectivity index (χ4n) is 2.42. The van der Waals surface area contributed by atoms with Crippen LogP contribution in [0, 0.1) is 19.8 Å². The highest BCUT2D eigenvalue weighted by Crippen LogP contribution is 2.25. The molecule has 2 rings (SSSR count). The predicted octanol–water partition coefficient (Wildman–Crippen LogP) is 1.99. The number of aryl methyl sites for hydroxylation is 2. The van der Waals surface area contributed by atoms with Gasteiger partial charge in [0, 0.05) is 19.0 Å². The molecule has 1 aromatic rings. The van der Waals surface area contributed by atoms with Crippen molar-refractivity contribution in [3.63, 3.8) is 0 Å². The largest absolute Gasteiger partial charge is 0.393 e. The van der Waals surface area contributed by atoms with Crippen molar-refractivity contribution >= 4 is 27.2 Å². The lowest BCUT2D eigenvalue weighted by molar-refractivity contribution is 0.312. The van der Waals surface area contributed by atoms with E-state index in [1.54, 1.807) is 12.1 Å². The van der Waals surface area contributed by atoms with E-state index in [1.165, 1.54) is 4.31 Å². The molecular formula is C14H20N2O2S2. The van der Waals surface area contributed by atoms with Gasteiger partial charge in [-0.3, -0.25) is 0 Å². The minimum Gasteiger partial charge on any atom is -0.393 e. The van der Waals surface area contributed by atoms with Crippen LogP contribution in [0.25, 0.3) is 0 Å². The Morgan fingerprint density at radius 1 is 1.35 bits per heavy atom. The average molecular weight is 312 g/mol. The molecule has 1 unspecified atom stereocenters. The lowest BCUT2D eigenvalue weighted by Gasteiger charge is -2.31. The fourth-order valence-corrected chi connectivity index (χ4v) is 4.22. The molecule has 1 aliphatic heterocycles. The topological polar surface area (TPSA) is 63.4 Å². The third-order valence-corrected chi connectivity index (χ3v) is 6.10. The van der Waals surface area contributed by atoms with E-state index in [0.717, 1.165) is 24.0 Å². The van der Waals surface area contributed by atoms with Crippen molar-refractivity contribution < 1.29 is 8.42 Å². The molecule has 0 amide bonds. The number of hydrogen-bond donors (Lipinski definition) is 1. The summed E-state index contributed by atoms with van der Waals surface area (Å²) in [5, 5.41) is 0. The van der Waals surface area contributed by atoms with Gasteiger partial charge in [-0.15, -0.1) is 0 Å². The average Bonchev–Trinajstić information content (AvgIpc) is 2.42. The second kappa shape index (κ2) is 5.79. The molecule has 0 aromatic heterocycles. The summed E-state index contributed by atoms with van der Waals surface area (Å²) in [7, 11) is -3.45. The summed E-state index contributed by atoms with van der Waals surface area (Å²) in [5.74, 6) is -0.0138. The number of nitrogens with zero attached hydrogens (tertiary/aromatic N) is 1. The number of sulfonamides is 1. The fraction of sp³-hybridized carbons (Fsp3) is 0.500.